The highest BCUT2D eigenvalue weighted by Gasteiger charge is 2.21. The molecule has 1 saturated heterocycles. The molecule has 16 heavy (non-hydrogen) atoms. The molecule has 3 nitrogen and oxygen atoms in total. The van der Waals surface area contributed by atoms with Gasteiger partial charge in [0, 0.05) is 26.2 Å². The van der Waals surface area contributed by atoms with Crippen LogP contribution in [-0.2, 0) is 4.79 Å². The number of carbonyl (C=O) groups is 1. The maximum Gasteiger partial charge on any atom is 0.219 e. The van der Waals surface area contributed by atoms with Gasteiger partial charge in [0.15, 0.2) is 0 Å². The first-order valence-corrected chi connectivity index (χ1v) is 6.61. The van der Waals surface area contributed by atoms with Gasteiger partial charge in [-0.1, -0.05) is 6.07 Å². The molecule has 1 amide bonds. The van der Waals surface area contributed by atoms with Gasteiger partial charge in [-0.2, -0.15) is 0 Å². The van der Waals surface area contributed by atoms with Gasteiger partial charge in [-0.25, -0.2) is 0 Å². The standard InChI is InChI=1S/C12H15IN2O/c1-9(16)15-6-4-10(5-7-15)11-2-3-12(13)14-8-11/h2-3,8,10H,4-7H2,1H3. The van der Waals surface area contributed by atoms with Gasteiger partial charge in [0.2, 0.25) is 5.91 Å². The average molecular weight is 330 g/mol. The second kappa shape index (κ2) is 5.12. The lowest BCUT2D eigenvalue weighted by Crippen LogP contribution is -2.36. The number of hydrogen-bond acceptors (Lipinski definition) is 2. The summed E-state index contributed by atoms with van der Waals surface area (Å²) in [6.45, 7) is 3.41. The number of halogens is 1. The fourth-order valence-electron chi connectivity index (χ4n) is 2.16. The molecule has 1 aliphatic rings. The number of carbonyl (C=O) groups excluding carboxylic acids is 1. The van der Waals surface area contributed by atoms with Gasteiger partial charge in [0.05, 0.1) is 0 Å². The quantitative estimate of drug-likeness (QED) is 0.585. The molecule has 4 heteroatoms. The third-order valence-electron chi connectivity index (χ3n) is 3.16. The Morgan fingerprint density at radius 3 is 2.62 bits per heavy atom. The molecule has 0 N–H and O–H groups in total. The fraction of sp³-hybridized carbons (Fsp3) is 0.500. The van der Waals surface area contributed by atoms with Crippen molar-refractivity contribution in [2.75, 3.05) is 13.1 Å². The molecule has 0 radical (unpaired) electrons. The Morgan fingerprint density at radius 2 is 2.12 bits per heavy atom. The van der Waals surface area contributed by atoms with Crippen molar-refractivity contribution < 1.29 is 4.79 Å². The Balaban J connectivity index is 1.99. The van der Waals surface area contributed by atoms with Crippen LogP contribution in [-0.4, -0.2) is 28.9 Å². The normalized spacial score (nSPS) is 17.5. The Labute approximate surface area is 109 Å². The van der Waals surface area contributed by atoms with Gasteiger partial charge < -0.3 is 4.90 Å². The minimum atomic E-state index is 0.194. The molecule has 2 heterocycles. The first-order valence-electron chi connectivity index (χ1n) is 5.54. The number of piperidine rings is 1. The van der Waals surface area contributed by atoms with Crippen molar-refractivity contribution in [1.29, 1.82) is 0 Å². The summed E-state index contributed by atoms with van der Waals surface area (Å²) in [4.78, 5) is 17.4. The molecule has 1 aromatic heterocycles. The number of rotatable bonds is 1. The third-order valence-corrected chi connectivity index (χ3v) is 3.80. The lowest BCUT2D eigenvalue weighted by atomic mass is 9.90. The summed E-state index contributed by atoms with van der Waals surface area (Å²) in [6, 6.07) is 4.20. The molecule has 0 atom stereocenters. The maximum atomic E-state index is 11.2. The van der Waals surface area contributed by atoms with E-state index in [9.17, 15) is 4.79 Å². The van der Waals surface area contributed by atoms with Crippen molar-refractivity contribution in [1.82, 2.24) is 9.88 Å². The van der Waals surface area contributed by atoms with E-state index in [1.807, 2.05) is 17.2 Å². The summed E-state index contributed by atoms with van der Waals surface area (Å²) < 4.78 is 1.03. The number of amides is 1. The number of likely N-dealkylation sites (tertiary alicyclic amines) is 1. The smallest absolute Gasteiger partial charge is 0.219 e. The van der Waals surface area contributed by atoms with Crippen molar-refractivity contribution in [3.05, 3.63) is 27.6 Å². The number of nitrogens with zero attached hydrogens (tertiary/aromatic N) is 2. The molecule has 1 aliphatic heterocycles. The highest BCUT2D eigenvalue weighted by atomic mass is 127. The largest absolute Gasteiger partial charge is 0.343 e. The van der Waals surface area contributed by atoms with Gasteiger partial charge >= 0.3 is 0 Å². The molecule has 0 saturated carbocycles. The lowest BCUT2D eigenvalue weighted by Gasteiger charge is -2.31. The molecular formula is C12H15IN2O. The van der Waals surface area contributed by atoms with E-state index >= 15 is 0 Å². The predicted molar refractivity (Wildman–Crippen MR) is 71.2 cm³/mol. The lowest BCUT2D eigenvalue weighted by molar-refractivity contribution is -0.129. The van der Waals surface area contributed by atoms with Crippen LogP contribution in [0.3, 0.4) is 0 Å². The second-order valence-corrected chi connectivity index (χ2v) is 5.30. The van der Waals surface area contributed by atoms with Gasteiger partial charge in [-0.3, -0.25) is 9.78 Å². The average Bonchev–Trinajstić information content (AvgIpc) is 2.30. The van der Waals surface area contributed by atoms with Gasteiger partial charge in [-0.05, 0) is 53.0 Å². The van der Waals surface area contributed by atoms with Crippen LogP contribution >= 0.6 is 22.6 Å². The van der Waals surface area contributed by atoms with Gasteiger partial charge in [-0.15, -0.1) is 0 Å². The monoisotopic (exact) mass is 330 g/mol. The van der Waals surface area contributed by atoms with Crippen LogP contribution in [0.25, 0.3) is 0 Å². The van der Waals surface area contributed by atoms with E-state index in [1.165, 1.54) is 5.56 Å². The summed E-state index contributed by atoms with van der Waals surface area (Å²) >= 11 is 2.22. The summed E-state index contributed by atoms with van der Waals surface area (Å²) in [5.74, 6) is 0.763. The molecule has 0 spiro atoms. The van der Waals surface area contributed by atoms with Crippen molar-refractivity contribution in [3.8, 4) is 0 Å². The Kier molecular flexibility index (Phi) is 3.78. The van der Waals surface area contributed by atoms with E-state index < -0.39 is 0 Å². The first kappa shape index (κ1) is 11.8. The molecule has 86 valence electrons. The minimum absolute atomic E-state index is 0.194. The summed E-state index contributed by atoms with van der Waals surface area (Å²) in [5, 5.41) is 0. The van der Waals surface area contributed by atoms with E-state index in [0.29, 0.717) is 5.92 Å². The minimum Gasteiger partial charge on any atom is -0.343 e. The van der Waals surface area contributed by atoms with Gasteiger partial charge in [0.1, 0.15) is 3.70 Å². The van der Waals surface area contributed by atoms with E-state index in [0.717, 1.165) is 29.6 Å². The van der Waals surface area contributed by atoms with Crippen LogP contribution in [0.4, 0.5) is 0 Å². The van der Waals surface area contributed by atoms with Crippen LogP contribution < -0.4 is 0 Å². The molecular weight excluding hydrogens is 315 g/mol. The molecule has 0 aliphatic carbocycles. The third kappa shape index (κ3) is 2.72. The molecule has 2 rings (SSSR count). The molecule has 0 bridgehead atoms. The van der Waals surface area contributed by atoms with Crippen molar-refractivity contribution in [3.63, 3.8) is 0 Å². The van der Waals surface area contributed by atoms with Crippen LogP contribution in [0.5, 0.6) is 0 Å². The Morgan fingerprint density at radius 1 is 1.44 bits per heavy atom. The Hall–Kier alpha value is -0.650. The SMILES string of the molecule is CC(=O)N1CCC(c2ccc(I)nc2)CC1. The Bertz CT molecular complexity index is 369. The van der Waals surface area contributed by atoms with E-state index in [2.05, 4.69) is 33.6 Å². The topological polar surface area (TPSA) is 33.2 Å². The van der Waals surface area contributed by atoms with Crippen molar-refractivity contribution in [2.24, 2.45) is 0 Å². The zero-order valence-corrected chi connectivity index (χ0v) is 11.5. The van der Waals surface area contributed by atoms with Crippen LogP contribution in [0.2, 0.25) is 0 Å². The number of hydrogen-bond donors (Lipinski definition) is 0. The van der Waals surface area contributed by atoms with E-state index in [-0.39, 0.29) is 5.91 Å². The first-order chi connectivity index (χ1) is 7.66. The van der Waals surface area contributed by atoms with Crippen LogP contribution in [0, 0.1) is 3.70 Å². The highest BCUT2D eigenvalue weighted by molar-refractivity contribution is 14.1. The molecule has 0 unspecified atom stereocenters. The summed E-state index contributed by atoms with van der Waals surface area (Å²) in [7, 11) is 0. The van der Waals surface area contributed by atoms with Crippen LogP contribution in [0.15, 0.2) is 18.3 Å². The molecule has 1 fully saturated rings. The summed E-state index contributed by atoms with van der Waals surface area (Å²) in [5.41, 5.74) is 1.31. The highest BCUT2D eigenvalue weighted by Crippen LogP contribution is 2.27. The zero-order chi connectivity index (χ0) is 11.5. The predicted octanol–water partition coefficient (Wildman–Crippen LogP) is 2.41. The van der Waals surface area contributed by atoms with Crippen molar-refractivity contribution >= 4 is 28.5 Å². The molecule has 0 aromatic carbocycles. The summed E-state index contributed by atoms with van der Waals surface area (Å²) in [6.07, 6.45) is 4.08. The van der Waals surface area contributed by atoms with Crippen LogP contribution in [0.1, 0.15) is 31.2 Å². The van der Waals surface area contributed by atoms with E-state index in [1.54, 1.807) is 6.92 Å². The number of aromatic nitrogens is 1. The fourth-order valence-corrected chi connectivity index (χ4v) is 2.48. The van der Waals surface area contributed by atoms with Gasteiger partial charge in [0.25, 0.3) is 0 Å². The maximum absolute atomic E-state index is 11.2. The van der Waals surface area contributed by atoms with E-state index in [4.69, 9.17) is 0 Å². The zero-order valence-electron chi connectivity index (χ0n) is 9.32. The number of pyridine rings is 1. The second-order valence-electron chi connectivity index (χ2n) is 4.19. The van der Waals surface area contributed by atoms with Crippen molar-refractivity contribution in [2.45, 2.75) is 25.7 Å². The molecule has 1 aromatic rings.